The predicted molar refractivity (Wildman–Crippen MR) is 46.1 cm³/mol. The molecular weight excluding hydrogens is 152 g/mol. The van der Waals surface area contributed by atoms with Gasteiger partial charge in [0.1, 0.15) is 0 Å². The number of nitrogens with zero attached hydrogens (tertiary/aromatic N) is 2. The van der Waals surface area contributed by atoms with Gasteiger partial charge in [0.05, 0.1) is 18.8 Å². The molecule has 0 radical (unpaired) electrons. The number of aromatic nitrogens is 2. The lowest BCUT2D eigenvalue weighted by atomic mass is 10.1. The second kappa shape index (κ2) is 2.90. The first-order valence-electron chi connectivity index (χ1n) is 4.35. The second-order valence-corrected chi connectivity index (χ2v) is 3.35. The smallest absolute Gasteiger partial charge is 0.0771 e. The van der Waals surface area contributed by atoms with E-state index in [-0.39, 0.29) is 0 Å². The number of ether oxygens (including phenoxy) is 1. The van der Waals surface area contributed by atoms with Crippen molar-refractivity contribution in [2.45, 2.75) is 32.4 Å². The molecule has 0 saturated heterocycles. The summed E-state index contributed by atoms with van der Waals surface area (Å²) in [7, 11) is 1.77. The van der Waals surface area contributed by atoms with Gasteiger partial charge in [0, 0.05) is 12.8 Å². The summed E-state index contributed by atoms with van der Waals surface area (Å²) in [6.07, 6.45) is 4.53. The number of fused-ring (bicyclic) bond motifs is 1. The molecule has 2 rings (SSSR count). The molecule has 3 nitrogen and oxygen atoms in total. The third-order valence-electron chi connectivity index (χ3n) is 2.57. The van der Waals surface area contributed by atoms with E-state index in [1.54, 1.807) is 7.11 Å². The average molecular weight is 166 g/mol. The monoisotopic (exact) mass is 166 g/mol. The molecule has 12 heavy (non-hydrogen) atoms. The zero-order chi connectivity index (χ0) is 8.55. The first kappa shape index (κ1) is 7.80. The highest BCUT2D eigenvalue weighted by Gasteiger charge is 2.19. The Hall–Kier alpha value is -0.830. The lowest BCUT2D eigenvalue weighted by Gasteiger charge is -2.22. The van der Waals surface area contributed by atoms with Gasteiger partial charge in [-0.2, -0.15) is 5.10 Å². The van der Waals surface area contributed by atoms with Crippen LogP contribution < -0.4 is 0 Å². The van der Waals surface area contributed by atoms with E-state index in [1.165, 1.54) is 11.3 Å². The topological polar surface area (TPSA) is 27.1 Å². The summed E-state index contributed by atoms with van der Waals surface area (Å²) in [6.45, 7) is 3.03. The van der Waals surface area contributed by atoms with Crippen molar-refractivity contribution in [2.75, 3.05) is 7.11 Å². The number of methoxy groups -OCH3 is 1. The Morgan fingerprint density at radius 3 is 3.25 bits per heavy atom. The molecule has 0 spiro atoms. The molecule has 0 N–H and O–H groups in total. The quantitative estimate of drug-likeness (QED) is 0.626. The molecule has 1 unspecified atom stereocenters. The van der Waals surface area contributed by atoms with Crippen LogP contribution in [0.15, 0.2) is 6.20 Å². The summed E-state index contributed by atoms with van der Waals surface area (Å²) in [6, 6.07) is 0. The van der Waals surface area contributed by atoms with Crippen molar-refractivity contribution >= 4 is 0 Å². The van der Waals surface area contributed by atoms with E-state index < -0.39 is 0 Å². The predicted octanol–water partition coefficient (Wildman–Crippen LogP) is 1.15. The molecule has 2 heterocycles. The zero-order valence-electron chi connectivity index (χ0n) is 7.58. The van der Waals surface area contributed by atoms with E-state index >= 15 is 0 Å². The Balaban J connectivity index is 2.24. The number of aryl methyl sites for hydroxylation is 1. The maximum absolute atomic E-state index is 5.30. The maximum Gasteiger partial charge on any atom is 0.0771 e. The van der Waals surface area contributed by atoms with Gasteiger partial charge in [0.2, 0.25) is 0 Å². The van der Waals surface area contributed by atoms with E-state index in [1.807, 2.05) is 6.20 Å². The van der Waals surface area contributed by atoms with E-state index in [9.17, 15) is 0 Å². The standard InChI is InChI=1S/C9H14N2O/c1-7-5-10-11-6-8(12-2)3-4-9(7)11/h5,8H,3-4,6H2,1-2H3. The minimum Gasteiger partial charge on any atom is -0.380 e. The molecule has 0 aromatic carbocycles. The van der Waals surface area contributed by atoms with Crippen molar-refractivity contribution in [2.24, 2.45) is 0 Å². The summed E-state index contributed by atoms with van der Waals surface area (Å²) in [5.74, 6) is 0. The Morgan fingerprint density at radius 1 is 1.67 bits per heavy atom. The molecule has 0 fully saturated rings. The Labute approximate surface area is 72.3 Å². The number of hydrogen-bond acceptors (Lipinski definition) is 2. The normalized spacial score (nSPS) is 22.3. The first-order chi connectivity index (χ1) is 5.81. The third kappa shape index (κ3) is 1.14. The number of rotatable bonds is 1. The third-order valence-corrected chi connectivity index (χ3v) is 2.57. The molecular formula is C9H14N2O. The van der Waals surface area contributed by atoms with Gasteiger partial charge in [-0.1, -0.05) is 0 Å². The van der Waals surface area contributed by atoms with Crippen LogP contribution in [0, 0.1) is 6.92 Å². The average Bonchev–Trinajstić information content (AvgIpc) is 2.47. The highest BCUT2D eigenvalue weighted by molar-refractivity contribution is 5.17. The van der Waals surface area contributed by atoms with Crippen LogP contribution in [0.2, 0.25) is 0 Å². The lowest BCUT2D eigenvalue weighted by Crippen LogP contribution is -2.26. The van der Waals surface area contributed by atoms with Crippen LogP contribution in [0.5, 0.6) is 0 Å². The second-order valence-electron chi connectivity index (χ2n) is 3.35. The summed E-state index contributed by atoms with van der Waals surface area (Å²) in [5.41, 5.74) is 2.69. The molecule has 0 amide bonds. The van der Waals surface area contributed by atoms with Crippen LogP contribution in [0.1, 0.15) is 17.7 Å². The first-order valence-corrected chi connectivity index (χ1v) is 4.35. The Morgan fingerprint density at radius 2 is 2.50 bits per heavy atom. The minimum absolute atomic E-state index is 0.358. The lowest BCUT2D eigenvalue weighted by molar-refractivity contribution is 0.0672. The van der Waals surface area contributed by atoms with Crippen LogP contribution in [0.4, 0.5) is 0 Å². The fourth-order valence-corrected chi connectivity index (χ4v) is 1.76. The Bertz CT molecular complexity index is 280. The highest BCUT2D eigenvalue weighted by Crippen LogP contribution is 2.18. The molecule has 66 valence electrons. The van der Waals surface area contributed by atoms with Gasteiger partial charge in [-0.25, -0.2) is 0 Å². The molecule has 1 atom stereocenters. The summed E-state index contributed by atoms with van der Waals surface area (Å²) < 4.78 is 7.36. The van der Waals surface area contributed by atoms with Gasteiger partial charge in [-0.05, 0) is 25.3 Å². The summed E-state index contributed by atoms with van der Waals surface area (Å²) in [5, 5.41) is 4.29. The van der Waals surface area contributed by atoms with Crippen molar-refractivity contribution in [1.29, 1.82) is 0 Å². The maximum atomic E-state index is 5.30. The molecule has 0 bridgehead atoms. The van der Waals surface area contributed by atoms with E-state index in [4.69, 9.17) is 4.74 Å². The molecule has 3 heteroatoms. The van der Waals surface area contributed by atoms with Crippen molar-refractivity contribution in [3.8, 4) is 0 Å². The molecule has 0 aliphatic carbocycles. The summed E-state index contributed by atoms with van der Waals surface area (Å²) in [4.78, 5) is 0. The number of hydrogen-bond donors (Lipinski definition) is 0. The molecule has 0 saturated carbocycles. The van der Waals surface area contributed by atoms with Crippen LogP contribution in [-0.2, 0) is 17.7 Å². The van der Waals surface area contributed by atoms with Crippen LogP contribution in [0.25, 0.3) is 0 Å². The molecule has 1 aromatic heterocycles. The SMILES string of the molecule is COC1CCc2c(C)cnn2C1. The van der Waals surface area contributed by atoms with Crippen LogP contribution in [-0.4, -0.2) is 23.0 Å². The highest BCUT2D eigenvalue weighted by atomic mass is 16.5. The summed E-state index contributed by atoms with van der Waals surface area (Å²) >= 11 is 0. The van der Waals surface area contributed by atoms with Crippen molar-refractivity contribution in [3.63, 3.8) is 0 Å². The van der Waals surface area contributed by atoms with E-state index in [0.717, 1.165) is 19.4 Å². The van der Waals surface area contributed by atoms with Gasteiger partial charge in [0.15, 0.2) is 0 Å². The van der Waals surface area contributed by atoms with Crippen LogP contribution >= 0.6 is 0 Å². The van der Waals surface area contributed by atoms with E-state index in [0.29, 0.717) is 6.10 Å². The van der Waals surface area contributed by atoms with Crippen molar-refractivity contribution in [1.82, 2.24) is 9.78 Å². The molecule has 1 aromatic rings. The van der Waals surface area contributed by atoms with Gasteiger partial charge in [-0.15, -0.1) is 0 Å². The zero-order valence-corrected chi connectivity index (χ0v) is 7.58. The van der Waals surface area contributed by atoms with Gasteiger partial charge in [0.25, 0.3) is 0 Å². The van der Waals surface area contributed by atoms with Crippen LogP contribution in [0.3, 0.4) is 0 Å². The molecule has 1 aliphatic heterocycles. The minimum atomic E-state index is 0.358. The van der Waals surface area contributed by atoms with E-state index in [2.05, 4.69) is 16.7 Å². The van der Waals surface area contributed by atoms with Gasteiger partial charge >= 0.3 is 0 Å². The molecule has 1 aliphatic rings. The largest absolute Gasteiger partial charge is 0.380 e. The van der Waals surface area contributed by atoms with Crippen molar-refractivity contribution < 1.29 is 4.74 Å². The Kier molecular flexibility index (Phi) is 1.89. The van der Waals surface area contributed by atoms with Gasteiger partial charge < -0.3 is 4.74 Å². The fourth-order valence-electron chi connectivity index (χ4n) is 1.76. The fraction of sp³-hybridized carbons (Fsp3) is 0.667. The van der Waals surface area contributed by atoms with Gasteiger partial charge in [-0.3, -0.25) is 4.68 Å². The van der Waals surface area contributed by atoms with Crippen molar-refractivity contribution in [3.05, 3.63) is 17.5 Å².